The summed E-state index contributed by atoms with van der Waals surface area (Å²) in [5.74, 6) is -1.18. The van der Waals surface area contributed by atoms with Gasteiger partial charge in [0.25, 0.3) is 0 Å². The zero-order chi connectivity index (χ0) is 17.1. The van der Waals surface area contributed by atoms with Gasteiger partial charge in [-0.05, 0) is 49.2 Å². The number of hydrogen-bond donors (Lipinski definition) is 2. The molecule has 0 unspecified atom stereocenters. The fourth-order valence-electron chi connectivity index (χ4n) is 2.31. The van der Waals surface area contributed by atoms with Crippen LogP contribution >= 0.6 is 0 Å². The summed E-state index contributed by atoms with van der Waals surface area (Å²) in [6, 6.07) is 9.50. The lowest BCUT2D eigenvalue weighted by molar-refractivity contribution is 0.509. The summed E-state index contributed by atoms with van der Waals surface area (Å²) in [6.45, 7) is 4.00. The SMILES string of the molecule is Cc1cc(C)cc(Nc2nncc(Nc3ccc(F)c(F)c3)n2)c1. The summed E-state index contributed by atoms with van der Waals surface area (Å²) in [4.78, 5) is 4.26. The quantitative estimate of drug-likeness (QED) is 0.750. The second kappa shape index (κ2) is 6.57. The maximum Gasteiger partial charge on any atom is 0.249 e. The van der Waals surface area contributed by atoms with Crippen LogP contribution < -0.4 is 10.6 Å². The Bertz CT molecular complexity index is 862. The lowest BCUT2D eigenvalue weighted by Gasteiger charge is -2.09. The van der Waals surface area contributed by atoms with Crippen molar-refractivity contribution in [3.63, 3.8) is 0 Å². The molecule has 0 saturated heterocycles. The van der Waals surface area contributed by atoms with Gasteiger partial charge in [-0.25, -0.2) is 8.78 Å². The number of aromatic nitrogens is 3. The van der Waals surface area contributed by atoms with E-state index in [-0.39, 0.29) is 0 Å². The number of halogens is 2. The second-order valence-corrected chi connectivity index (χ2v) is 5.42. The molecular weight excluding hydrogens is 312 g/mol. The fourth-order valence-corrected chi connectivity index (χ4v) is 2.31. The van der Waals surface area contributed by atoms with Crippen molar-refractivity contribution in [1.82, 2.24) is 15.2 Å². The highest BCUT2D eigenvalue weighted by molar-refractivity contribution is 5.59. The third-order valence-corrected chi connectivity index (χ3v) is 3.23. The molecule has 0 spiro atoms. The zero-order valence-electron chi connectivity index (χ0n) is 13.1. The van der Waals surface area contributed by atoms with Crippen molar-refractivity contribution < 1.29 is 8.78 Å². The van der Waals surface area contributed by atoms with E-state index in [4.69, 9.17) is 0 Å². The summed E-state index contributed by atoms with van der Waals surface area (Å²) in [6.07, 6.45) is 1.40. The minimum atomic E-state index is -0.935. The van der Waals surface area contributed by atoms with Crippen LogP contribution in [0.3, 0.4) is 0 Å². The largest absolute Gasteiger partial charge is 0.339 e. The first-order valence-electron chi connectivity index (χ1n) is 7.27. The Kier molecular flexibility index (Phi) is 4.33. The zero-order valence-corrected chi connectivity index (χ0v) is 13.1. The Morgan fingerprint density at radius 3 is 2.29 bits per heavy atom. The topological polar surface area (TPSA) is 62.7 Å². The molecule has 0 aliphatic rings. The highest BCUT2D eigenvalue weighted by atomic mass is 19.2. The molecule has 0 fully saturated rings. The first-order chi connectivity index (χ1) is 11.5. The highest BCUT2D eigenvalue weighted by Crippen LogP contribution is 2.20. The molecule has 0 aliphatic heterocycles. The number of hydrogen-bond acceptors (Lipinski definition) is 5. The average Bonchev–Trinajstić information content (AvgIpc) is 2.50. The van der Waals surface area contributed by atoms with Crippen molar-refractivity contribution in [2.24, 2.45) is 0 Å². The number of benzene rings is 2. The first kappa shape index (κ1) is 15.8. The molecule has 1 heterocycles. The highest BCUT2D eigenvalue weighted by Gasteiger charge is 2.06. The minimum absolute atomic E-state index is 0.299. The van der Waals surface area contributed by atoms with Crippen LogP contribution in [-0.4, -0.2) is 15.2 Å². The van der Waals surface area contributed by atoms with Gasteiger partial charge in [0.05, 0.1) is 6.20 Å². The van der Waals surface area contributed by atoms with E-state index in [1.807, 2.05) is 26.0 Å². The summed E-state index contributed by atoms with van der Waals surface area (Å²) in [5.41, 5.74) is 3.44. The molecule has 0 atom stereocenters. The molecule has 5 nitrogen and oxygen atoms in total. The lowest BCUT2D eigenvalue weighted by atomic mass is 10.1. The van der Waals surface area contributed by atoms with Crippen molar-refractivity contribution in [3.05, 3.63) is 65.4 Å². The molecule has 3 aromatic rings. The van der Waals surface area contributed by atoms with Crippen LogP contribution in [0.1, 0.15) is 11.1 Å². The minimum Gasteiger partial charge on any atom is -0.339 e. The molecule has 0 aliphatic carbocycles. The van der Waals surface area contributed by atoms with Crippen molar-refractivity contribution in [1.29, 1.82) is 0 Å². The predicted octanol–water partition coefficient (Wildman–Crippen LogP) is 4.25. The number of rotatable bonds is 4. The predicted molar refractivity (Wildman–Crippen MR) is 88.7 cm³/mol. The fraction of sp³-hybridized carbons (Fsp3) is 0.118. The smallest absolute Gasteiger partial charge is 0.249 e. The maximum atomic E-state index is 13.2. The van der Waals surface area contributed by atoms with Crippen LogP contribution in [0.2, 0.25) is 0 Å². The number of nitrogens with one attached hydrogen (secondary N) is 2. The van der Waals surface area contributed by atoms with Gasteiger partial charge in [-0.1, -0.05) is 6.07 Å². The van der Waals surface area contributed by atoms with Crippen LogP contribution in [0.25, 0.3) is 0 Å². The van der Waals surface area contributed by atoms with E-state index in [2.05, 4.69) is 31.9 Å². The standard InChI is InChI=1S/C17H15F2N5/c1-10-5-11(2)7-13(6-10)22-17-23-16(9-20-24-17)21-12-3-4-14(18)15(19)8-12/h3-9H,1-2H3,(H2,21,22,23,24). The van der Waals surface area contributed by atoms with E-state index >= 15 is 0 Å². The Hall–Kier alpha value is -3.09. The molecule has 0 radical (unpaired) electrons. The molecule has 3 rings (SSSR count). The molecule has 2 aromatic carbocycles. The molecule has 24 heavy (non-hydrogen) atoms. The third-order valence-electron chi connectivity index (χ3n) is 3.23. The third kappa shape index (κ3) is 3.81. The molecule has 2 N–H and O–H groups in total. The van der Waals surface area contributed by atoms with Gasteiger partial charge in [0.2, 0.25) is 5.95 Å². The molecule has 0 saturated carbocycles. The van der Waals surface area contributed by atoms with Crippen molar-refractivity contribution in [3.8, 4) is 0 Å². The lowest BCUT2D eigenvalue weighted by Crippen LogP contribution is -2.03. The molecule has 0 amide bonds. The van der Waals surface area contributed by atoms with Gasteiger partial charge in [0, 0.05) is 17.4 Å². The van der Waals surface area contributed by atoms with Gasteiger partial charge >= 0.3 is 0 Å². The number of anilines is 4. The summed E-state index contributed by atoms with van der Waals surface area (Å²) >= 11 is 0. The molecule has 122 valence electrons. The van der Waals surface area contributed by atoms with Crippen LogP contribution in [0.15, 0.2) is 42.6 Å². The van der Waals surface area contributed by atoms with Crippen LogP contribution in [0.5, 0.6) is 0 Å². The summed E-state index contributed by atoms with van der Waals surface area (Å²) < 4.78 is 26.2. The van der Waals surface area contributed by atoms with E-state index in [1.54, 1.807) is 0 Å². The van der Waals surface area contributed by atoms with Crippen LogP contribution in [-0.2, 0) is 0 Å². The van der Waals surface area contributed by atoms with Crippen molar-refractivity contribution >= 4 is 23.1 Å². The Morgan fingerprint density at radius 1 is 0.833 bits per heavy atom. The molecule has 7 heteroatoms. The number of nitrogens with zero attached hydrogens (tertiary/aromatic N) is 3. The van der Waals surface area contributed by atoms with Gasteiger partial charge in [-0.3, -0.25) is 0 Å². The first-order valence-corrected chi connectivity index (χ1v) is 7.27. The average molecular weight is 327 g/mol. The van der Waals surface area contributed by atoms with E-state index in [1.165, 1.54) is 12.3 Å². The molecule has 0 bridgehead atoms. The monoisotopic (exact) mass is 327 g/mol. The summed E-state index contributed by atoms with van der Waals surface area (Å²) in [7, 11) is 0. The molecule has 1 aromatic heterocycles. The molecular formula is C17H15F2N5. The number of aryl methyl sites for hydroxylation is 2. The van der Waals surface area contributed by atoms with Gasteiger partial charge < -0.3 is 10.6 Å². The van der Waals surface area contributed by atoms with Gasteiger partial charge in [0.15, 0.2) is 17.5 Å². The van der Waals surface area contributed by atoms with Crippen molar-refractivity contribution in [2.75, 3.05) is 10.6 Å². The normalized spacial score (nSPS) is 10.5. The van der Waals surface area contributed by atoms with E-state index < -0.39 is 11.6 Å². The van der Waals surface area contributed by atoms with E-state index in [0.717, 1.165) is 28.9 Å². The second-order valence-electron chi connectivity index (χ2n) is 5.42. The maximum absolute atomic E-state index is 13.2. The Labute approximate surface area is 137 Å². The van der Waals surface area contributed by atoms with E-state index in [0.29, 0.717) is 17.5 Å². The van der Waals surface area contributed by atoms with E-state index in [9.17, 15) is 8.78 Å². The van der Waals surface area contributed by atoms with Gasteiger partial charge in [0.1, 0.15) is 0 Å². The van der Waals surface area contributed by atoms with Crippen molar-refractivity contribution in [2.45, 2.75) is 13.8 Å². The van der Waals surface area contributed by atoms with Crippen LogP contribution in [0, 0.1) is 25.5 Å². The van der Waals surface area contributed by atoms with Crippen LogP contribution in [0.4, 0.5) is 31.9 Å². The van der Waals surface area contributed by atoms with Gasteiger partial charge in [-0.15, -0.1) is 5.10 Å². The summed E-state index contributed by atoms with van der Waals surface area (Å²) in [5, 5.41) is 13.7. The Morgan fingerprint density at radius 2 is 1.58 bits per heavy atom. The Balaban J connectivity index is 1.79. The van der Waals surface area contributed by atoms with Gasteiger partial charge in [-0.2, -0.15) is 10.1 Å².